The highest BCUT2D eigenvalue weighted by Crippen LogP contribution is 2.28. The summed E-state index contributed by atoms with van der Waals surface area (Å²) in [7, 11) is 1.67. The smallest absolute Gasteiger partial charge is 0.176 e. The minimum absolute atomic E-state index is 0.777. The fraction of sp³-hybridized carbons (Fsp3) is 0.467. The van der Waals surface area contributed by atoms with Gasteiger partial charge in [0.25, 0.3) is 0 Å². The van der Waals surface area contributed by atoms with Crippen molar-refractivity contribution in [2.45, 2.75) is 24.6 Å². The first kappa shape index (κ1) is 12.9. The molecule has 1 unspecified atom stereocenters. The number of benzene rings is 1. The number of nitrogens with one attached hydrogen (secondary N) is 1. The number of thioether (sulfide) groups is 1. The topological polar surface area (TPSA) is 34.4 Å². The highest BCUT2D eigenvalue weighted by Gasteiger charge is 2.15. The van der Waals surface area contributed by atoms with Crippen LogP contribution in [-0.2, 0) is 6.54 Å². The third-order valence-corrected chi connectivity index (χ3v) is 4.87. The first-order valence-corrected chi connectivity index (χ1v) is 7.79. The van der Waals surface area contributed by atoms with Crippen molar-refractivity contribution in [2.75, 3.05) is 19.4 Å². The van der Waals surface area contributed by atoms with Gasteiger partial charge in [-0.25, -0.2) is 0 Å². The third kappa shape index (κ3) is 2.90. The van der Waals surface area contributed by atoms with Gasteiger partial charge in [-0.05, 0) is 30.7 Å². The summed E-state index contributed by atoms with van der Waals surface area (Å²) >= 11 is 2.08. The van der Waals surface area contributed by atoms with Gasteiger partial charge >= 0.3 is 0 Å². The molecule has 1 saturated heterocycles. The zero-order chi connectivity index (χ0) is 13.1. The van der Waals surface area contributed by atoms with Gasteiger partial charge in [0, 0.05) is 17.2 Å². The van der Waals surface area contributed by atoms with Crippen LogP contribution in [0.2, 0.25) is 0 Å². The summed E-state index contributed by atoms with van der Waals surface area (Å²) < 4.78 is 11.2. The van der Waals surface area contributed by atoms with Crippen molar-refractivity contribution in [3.05, 3.63) is 30.0 Å². The van der Waals surface area contributed by atoms with E-state index in [-0.39, 0.29) is 0 Å². The van der Waals surface area contributed by atoms with E-state index < -0.39 is 0 Å². The van der Waals surface area contributed by atoms with Crippen LogP contribution in [0.1, 0.15) is 18.6 Å². The Morgan fingerprint density at radius 2 is 2.42 bits per heavy atom. The molecule has 102 valence electrons. The summed E-state index contributed by atoms with van der Waals surface area (Å²) in [5.74, 6) is 3.09. The van der Waals surface area contributed by atoms with Crippen molar-refractivity contribution in [3.8, 4) is 5.75 Å². The summed E-state index contributed by atoms with van der Waals surface area (Å²) in [6.07, 6.45) is 2.70. The van der Waals surface area contributed by atoms with E-state index in [1.807, 2.05) is 12.1 Å². The van der Waals surface area contributed by atoms with Crippen molar-refractivity contribution < 1.29 is 9.15 Å². The van der Waals surface area contributed by atoms with E-state index in [0.717, 1.165) is 40.8 Å². The minimum atomic E-state index is 0.777. The van der Waals surface area contributed by atoms with Crippen LogP contribution in [-0.4, -0.2) is 24.7 Å². The molecular weight excluding hydrogens is 258 g/mol. The Kier molecular flexibility index (Phi) is 3.99. The zero-order valence-corrected chi connectivity index (χ0v) is 12.0. The molecule has 0 amide bonds. The Morgan fingerprint density at radius 1 is 1.47 bits per heavy atom. The molecule has 0 saturated carbocycles. The monoisotopic (exact) mass is 277 g/mol. The number of methoxy groups -OCH3 is 1. The lowest BCUT2D eigenvalue weighted by molar-refractivity contribution is 0.406. The molecular formula is C15H19NO2S. The second kappa shape index (κ2) is 5.88. The maximum Gasteiger partial charge on any atom is 0.176 e. The number of ether oxygens (including phenoxy) is 1. The van der Waals surface area contributed by atoms with Crippen LogP contribution in [0.25, 0.3) is 11.0 Å². The maximum atomic E-state index is 5.86. The van der Waals surface area contributed by atoms with Gasteiger partial charge in [-0.3, -0.25) is 0 Å². The van der Waals surface area contributed by atoms with Crippen molar-refractivity contribution in [3.63, 3.8) is 0 Å². The molecule has 0 radical (unpaired) electrons. The third-order valence-electron chi connectivity index (χ3n) is 3.47. The second-order valence-corrected chi connectivity index (χ2v) is 6.27. The fourth-order valence-corrected chi connectivity index (χ4v) is 3.73. The van der Waals surface area contributed by atoms with Crippen LogP contribution in [0, 0.1) is 0 Å². The Morgan fingerprint density at radius 3 is 3.21 bits per heavy atom. The lowest BCUT2D eigenvalue weighted by Gasteiger charge is -2.08. The zero-order valence-electron chi connectivity index (χ0n) is 11.1. The van der Waals surface area contributed by atoms with Crippen LogP contribution in [0.3, 0.4) is 0 Å². The minimum Gasteiger partial charge on any atom is -0.493 e. The molecule has 1 aliphatic heterocycles. The largest absolute Gasteiger partial charge is 0.493 e. The number of fused-ring (bicyclic) bond motifs is 1. The number of hydrogen-bond donors (Lipinski definition) is 1. The Hall–Kier alpha value is -1.13. The average molecular weight is 277 g/mol. The van der Waals surface area contributed by atoms with Crippen LogP contribution in [0.5, 0.6) is 5.75 Å². The van der Waals surface area contributed by atoms with Gasteiger partial charge in [-0.15, -0.1) is 0 Å². The van der Waals surface area contributed by atoms with E-state index in [1.54, 1.807) is 7.11 Å². The lowest BCUT2D eigenvalue weighted by Crippen LogP contribution is -2.22. The summed E-state index contributed by atoms with van der Waals surface area (Å²) in [4.78, 5) is 0. The predicted molar refractivity (Wildman–Crippen MR) is 80.0 cm³/mol. The second-order valence-electron chi connectivity index (χ2n) is 4.86. The molecule has 1 N–H and O–H groups in total. The summed E-state index contributed by atoms with van der Waals surface area (Å²) in [5, 5.41) is 5.37. The molecule has 0 spiro atoms. The number of para-hydroxylation sites is 1. The fourth-order valence-electron chi connectivity index (χ4n) is 2.50. The van der Waals surface area contributed by atoms with E-state index in [4.69, 9.17) is 9.15 Å². The molecule has 1 aliphatic rings. The van der Waals surface area contributed by atoms with E-state index in [1.165, 1.54) is 18.6 Å². The van der Waals surface area contributed by atoms with E-state index in [0.29, 0.717) is 0 Å². The lowest BCUT2D eigenvalue weighted by atomic mass is 10.2. The van der Waals surface area contributed by atoms with Crippen LogP contribution in [0.15, 0.2) is 28.7 Å². The predicted octanol–water partition coefficient (Wildman–Crippen LogP) is 3.43. The maximum absolute atomic E-state index is 5.86. The highest BCUT2D eigenvalue weighted by molar-refractivity contribution is 8.00. The normalized spacial score (nSPS) is 19.1. The molecule has 1 fully saturated rings. The molecule has 0 aliphatic carbocycles. The molecule has 3 nitrogen and oxygen atoms in total. The van der Waals surface area contributed by atoms with E-state index in [9.17, 15) is 0 Å². The first-order chi connectivity index (χ1) is 9.36. The Labute approximate surface area is 117 Å². The van der Waals surface area contributed by atoms with Crippen molar-refractivity contribution in [1.82, 2.24) is 5.32 Å². The van der Waals surface area contributed by atoms with Gasteiger partial charge < -0.3 is 14.5 Å². The average Bonchev–Trinajstić information content (AvgIpc) is 3.06. The number of rotatable bonds is 5. The standard InChI is InChI=1S/C15H19NO2S/c1-17-14-6-2-4-11-8-12(18-15(11)14)9-16-10-13-5-3-7-19-13/h2,4,6,8,13,16H,3,5,7,9-10H2,1H3. The van der Waals surface area contributed by atoms with Gasteiger partial charge in [0.2, 0.25) is 0 Å². The molecule has 2 aromatic rings. The van der Waals surface area contributed by atoms with Crippen LogP contribution in [0.4, 0.5) is 0 Å². The quantitative estimate of drug-likeness (QED) is 0.908. The Balaban J connectivity index is 1.64. The molecule has 1 aromatic carbocycles. The number of furan rings is 1. The summed E-state index contributed by atoms with van der Waals surface area (Å²) in [6.45, 7) is 1.85. The summed E-state index contributed by atoms with van der Waals surface area (Å²) in [6, 6.07) is 8.06. The van der Waals surface area contributed by atoms with Gasteiger partial charge in [-0.1, -0.05) is 12.1 Å². The van der Waals surface area contributed by atoms with Gasteiger partial charge in [0.15, 0.2) is 11.3 Å². The first-order valence-electron chi connectivity index (χ1n) is 6.74. The van der Waals surface area contributed by atoms with Gasteiger partial charge in [0.05, 0.1) is 13.7 Å². The molecule has 19 heavy (non-hydrogen) atoms. The van der Waals surface area contributed by atoms with Crippen molar-refractivity contribution >= 4 is 22.7 Å². The SMILES string of the molecule is COc1cccc2cc(CNCC3CCCS3)oc12. The van der Waals surface area contributed by atoms with Gasteiger partial charge in [0.1, 0.15) is 5.76 Å². The van der Waals surface area contributed by atoms with Crippen molar-refractivity contribution in [1.29, 1.82) is 0 Å². The Bertz CT molecular complexity index is 546. The highest BCUT2D eigenvalue weighted by atomic mass is 32.2. The van der Waals surface area contributed by atoms with E-state index >= 15 is 0 Å². The molecule has 2 heterocycles. The van der Waals surface area contributed by atoms with E-state index in [2.05, 4.69) is 29.2 Å². The molecule has 3 rings (SSSR count). The molecule has 1 aromatic heterocycles. The van der Waals surface area contributed by atoms with Crippen LogP contribution >= 0.6 is 11.8 Å². The summed E-state index contributed by atoms with van der Waals surface area (Å²) in [5.41, 5.74) is 0.844. The molecule has 1 atom stereocenters. The van der Waals surface area contributed by atoms with Crippen LogP contribution < -0.4 is 10.1 Å². The molecule has 4 heteroatoms. The van der Waals surface area contributed by atoms with Crippen molar-refractivity contribution in [2.24, 2.45) is 0 Å². The number of hydrogen-bond acceptors (Lipinski definition) is 4. The van der Waals surface area contributed by atoms with Gasteiger partial charge in [-0.2, -0.15) is 11.8 Å². The molecule has 0 bridgehead atoms.